The number of nitrogens with zero attached hydrogens (tertiary/aromatic N) is 3. The third-order valence-electron chi connectivity index (χ3n) is 4.17. The van der Waals surface area contributed by atoms with Crippen LogP contribution in [0.1, 0.15) is 30.2 Å². The molecule has 0 aliphatic carbocycles. The van der Waals surface area contributed by atoms with E-state index in [1.165, 1.54) is 6.07 Å². The Morgan fingerprint density at radius 2 is 2.04 bits per heavy atom. The van der Waals surface area contributed by atoms with Gasteiger partial charge < -0.3 is 5.32 Å². The molecule has 0 bridgehead atoms. The molecule has 25 heavy (non-hydrogen) atoms. The first-order chi connectivity index (χ1) is 12.0. The Morgan fingerprint density at radius 3 is 2.76 bits per heavy atom. The van der Waals surface area contributed by atoms with Crippen molar-refractivity contribution >= 4 is 22.9 Å². The van der Waals surface area contributed by atoms with Gasteiger partial charge in [-0.3, -0.25) is 0 Å². The number of benzene rings is 1. The summed E-state index contributed by atoms with van der Waals surface area (Å²) in [4.78, 5) is 4.22. The summed E-state index contributed by atoms with van der Waals surface area (Å²) < 4.78 is 28.6. The van der Waals surface area contributed by atoms with Crippen LogP contribution in [-0.4, -0.2) is 20.8 Å². The average molecular weight is 365 g/mol. The van der Waals surface area contributed by atoms with E-state index in [0.717, 1.165) is 16.8 Å². The van der Waals surface area contributed by atoms with E-state index in [1.807, 2.05) is 13.0 Å². The van der Waals surface area contributed by atoms with Crippen LogP contribution in [0.5, 0.6) is 0 Å². The van der Waals surface area contributed by atoms with Crippen molar-refractivity contribution in [1.29, 1.82) is 0 Å². The summed E-state index contributed by atoms with van der Waals surface area (Å²) >= 11 is 6.03. The molecule has 0 fully saturated rings. The molecule has 0 saturated carbocycles. The minimum atomic E-state index is -0.865. The minimum Gasteiger partial charge on any atom is -0.364 e. The fraction of sp³-hybridized carbons (Fsp3) is 0.333. The van der Waals surface area contributed by atoms with Crippen LogP contribution in [0, 0.1) is 12.7 Å². The molecule has 2 aromatic heterocycles. The largest absolute Gasteiger partial charge is 0.364 e. The van der Waals surface area contributed by atoms with E-state index >= 15 is 0 Å². The van der Waals surface area contributed by atoms with E-state index < -0.39 is 6.17 Å². The van der Waals surface area contributed by atoms with E-state index in [-0.39, 0.29) is 17.6 Å². The lowest BCUT2D eigenvalue weighted by molar-refractivity contribution is 0.341. The third-order valence-corrected chi connectivity index (χ3v) is 4.33. The number of fused-ring (bicyclic) bond motifs is 1. The van der Waals surface area contributed by atoms with Gasteiger partial charge in [0.15, 0.2) is 5.82 Å². The fourth-order valence-corrected chi connectivity index (χ4v) is 2.92. The lowest BCUT2D eigenvalue weighted by Gasteiger charge is -2.09. The van der Waals surface area contributed by atoms with Crippen molar-refractivity contribution in [3.05, 3.63) is 58.3 Å². The van der Waals surface area contributed by atoms with Gasteiger partial charge in [-0.2, -0.15) is 4.98 Å². The molecular weight excluding hydrogens is 346 g/mol. The molecule has 3 aromatic rings. The van der Waals surface area contributed by atoms with Crippen molar-refractivity contribution in [2.75, 3.05) is 5.32 Å². The highest BCUT2D eigenvalue weighted by atomic mass is 35.5. The number of nitrogens with one attached hydrogen (secondary N) is 1. The fourth-order valence-electron chi connectivity index (χ4n) is 2.76. The van der Waals surface area contributed by atoms with Crippen molar-refractivity contribution < 1.29 is 8.78 Å². The molecule has 3 rings (SSSR count). The summed E-state index contributed by atoms with van der Waals surface area (Å²) in [5.41, 5.74) is 3.16. The smallest absolute Gasteiger partial charge is 0.243 e. The summed E-state index contributed by atoms with van der Waals surface area (Å²) in [6, 6.07) is 8.47. The van der Waals surface area contributed by atoms with Crippen molar-refractivity contribution in [3.8, 4) is 0 Å². The van der Waals surface area contributed by atoms with Gasteiger partial charge in [-0.1, -0.05) is 18.2 Å². The highest BCUT2D eigenvalue weighted by molar-refractivity contribution is 6.28. The van der Waals surface area contributed by atoms with Crippen LogP contribution >= 0.6 is 11.6 Å². The number of hydrogen-bond acceptors (Lipinski definition) is 3. The first-order valence-corrected chi connectivity index (χ1v) is 8.49. The molecule has 0 aliphatic rings. The predicted molar refractivity (Wildman–Crippen MR) is 95.4 cm³/mol. The van der Waals surface area contributed by atoms with Crippen molar-refractivity contribution in [2.24, 2.45) is 0 Å². The number of anilines is 1. The minimum absolute atomic E-state index is 0.0904. The number of halogens is 3. The summed E-state index contributed by atoms with van der Waals surface area (Å²) in [5, 5.41) is 7.43. The van der Waals surface area contributed by atoms with Gasteiger partial charge in [0.1, 0.15) is 11.3 Å². The number of rotatable bonds is 6. The normalized spacial score (nSPS) is 12.5. The molecule has 1 aromatic carbocycles. The van der Waals surface area contributed by atoms with Crippen molar-refractivity contribution in [3.63, 3.8) is 0 Å². The van der Waals surface area contributed by atoms with Gasteiger partial charge >= 0.3 is 0 Å². The Hall–Kier alpha value is -2.21. The monoisotopic (exact) mass is 364 g/mol. The topological polar surface area (TPSA) is 42.2 Å². The molecule has 1 atom stereocenters. The lowest BCUT2D eigenvalue weighted by Crippen LogP contribution is -2.07. The quantitative estimate of drug-likeness (QED) is 0.687. The molecule has 7 heteroatoms. The molecule has 0 amide bonds. The van der Waals surface area contributed by atoms with E-state index in [9.17, 15) is 8.78 Å². The van der Waals surface area contributed by atoms with Gasteiger partial charge in [0.25, 0.3) is 0 Å². The highest BCUT2D eigenvalue weighted by Crippen LogP contribution is 2.24. The lowest BCUT2D eigenvalue weighted by atomic mass is 10.1. The maximum Gasteiger partial charge on any atom is 0.243 e. The summed E-state index contributed by atoms with van der Waals surface area (Å²) in [5.74, 6) is 0.237. The third kappa shape index (κ3) is 3.90. The van der Waals surface area contributed by atoms with E-state index in [1.54, 1.807) is 29.6 Å². The van der Waals surface area contributed by atoms with Gasteiger partial charge in [0.05, 0.1) is 6.17 Å². The van der Waals surface area contributed by atoms with Gasteiger partial charge in [0, 0.05) is 17.8 Å². The SMILES string of the molecule is Cc1c(CCC(C)F)cc2c(NCc3ccccc3F)nc(Cl)nn12. The van der Waals surface area contributed by atoms with Crippen LogP contribution in [0.15, 0.2) is 30.3 Å². The number of alkyl halides is 1. The van der Waals surface area contributed by atoms with Gasteiger partial charge in [-0.15, -0.1) is 5.10 Å². The summed E-state index contributed by atoms with van der Waals surface area (Å²) in [6.07, 6.45) is 0.185. The standard InChI is InChI=1S/C18H19ClF2N4/c1-11(20)7-8-13-9-16-17(23-18(19)24-25(16)12(13)2)22-10-14-5-3-4-6-15(14)21/h3-6,9,11H,7-8,10H2,1-2H3,(H,22,23,24). The second-order valence-corrected chi connectivity index (χ2v) is 6.38. The van der Waals surface area contributed by atoms with Crippen molar-refractivity contribution in [2.45, 2.75) is 39.4 Å². The van der Waals surface area contributed by atoms with Gasteiger partial charge in [-0.05, 0) is 56.0 Å². The maximum absolute atomic E-state index is 13.8. The molecule has 0 saturated heterocycles. The summed E-state index contributed by atoms with van der Waals surface area (Å²) in [6.45, 7) is 3.73. The Kier molecular flexibility index (Phi) is 5.18. The zero-order valence-electron chi connectivity index (χ0n) is 14.1. The molecule has 1 unspecified atom stereocenters. The Bertz CT molecular complexity index is 892. The zero-order chi connectivity index (χ0) is 18.0. The van der Waals surface area contributed by atoms with Gasteiger partial charge in [0.2, 0.25) is 5.28 Å². The first kappa shape index (κ1) is 17.6. The first-order valence-electron chi connectivity index (χ1n) is 8.12. The Morgan fingerprint density at radius 1 is 1.28 bits per heavy atom. The Labute approximate surface area is 149 Å². The van der Waals surface area contributed by atoms with Gasteiger partial charge in [-0.25, -0.2) is 13.3 Å². The van der Waals surface area contributed by atoms with Crippen LogP contribution in [-0.2, 0) is 13.0 Å². The van der Waals surface area contributed by atoms with Crippen LogP contribution in [0.25, 0.3) is 5.52 Å². The molecule has 0 aliphatic heterocycles. The van der Waals surface area contributed by atoms with Crippen molar-refractivity contribution in [1.82, 2.24) is 14.6 Å². The number of aromatic nitrogens is 3. The molecular formula is C18H19ClF2N4. The maximum atomic E-state index is 13.8. The highest BCUT2D eigenvalue weighted by Gasteiger charge is 2.14. The molecule has 4 nitrogen and oxygen atoms in total. The molecule has 2 heterocycles. The molecule has 0 radical (unpaired) electrons. The summed E-state index contributed by atoms with van der Waals surface area (Å²) in [7, 11) is 0. The van der Waals surface area contributed by atoms with E-state index in [4.69, 9.17) is 11.6 Å². The Balaban J connectivity index is 1.92. The predicted octanol–water partition coefficient (Wildman–Crippen LogP) is 4.73. The van der Waals surface area contributed by atoms with Crippen LogP contribution in [0.2, 0.25) is 5.28 Å². The second kappa shape index (κ2) is 7.35. The molecule has 132 valence electrons. The average Bonchev–Trinajstić information content (AvgIpc) is 2.88. The molecule has 0 spiro atoms. The second-order valence-electron chi connectivity index (χ2n) is 6.05. The number of hydrogen-bond donors (Lipinski definition) is 1. The number of aryl methyl sites for hydroxylation is 2. The zero-order valence-corrected chi connectivity index (χ0v) is 14.8. The van der Waals surface area contributed by atoms with Crippen LogP contribution in [0.4, 0.5) is 14.6 Å². The van der Waals surface area contributed by atoms with Crippen LogP contribution < -0.4 is 5.32 Å². The van der Waals surface area contributed by atoms with E-state index in [2.05, 4.69) is 15.4 Å². The van der Waals surface area contributed by atoms with E-state index in [0.29, 0.717) is 24.2 Å². The van der Waals surface area contributed by atoms with Crippen LogP contribution in [0.3, 0.4) is 0 Å². The molecule has 1 N–H and O–H groups in total.